The van der Waals surface area contributed by atoms with E-state index in [1.165, 1.54) is 4.90 Å². The van der Waals surface area contributed by atoms with E-state index in [1.54, 1.807) is 6.08 Å². The second kappa shape index (κ2) is 9.00. The Hall–Kier alpha value is -3.32. The first-order chi connectivity index (χ1) is 14.6. The van der Waals surface area contributed by atoms with E-state index in [0.717, 1.165) is 33.8 Å². The number of aromatic nitrogens is 1. The number of H-pyrrole nitrogens is 1. The number of hydrogen-bond acceptors (Lipinski definition) is 4. The molecule has 152 valence electrons. The number of amides is 3. The number of hydrogen-bond donors (Lipinski definition) is 2. The fraction of sp³-hybridized carbons (Fsp3) is 0.174. The number of carbonyl (C=O) groups excluding carboxylic acids is 3. The average Bonchev–Trinajstić information content (AvgIpc) is 3.29. The van der Waals surface area contributed by atoms with Crippen molar-refractivity contribution in [1.29, 1.82) is 0 Å². The van der Waals surface area contributed by atoms with Gasteiger partial charge in [-0.25, -0.2) is 0 Å². The van der Waals surface area contributed by atoms with Gasteiger partial charge in [-0.2, -0.15) is 0 Å². The number of para-hydroxylation sites is 1. The van der Waals surface area contributed by atoms with E-state index in [2.05, 4.69) is 10.3 Å². The molecule has 2 heterocycles. The zero-order valence-electron chi connectivity index (χ0n) is 16.3. The van der Waals surface area contributed by atoms with Crippen LogP contribution in [-0.4, -0.2) is 40.0 Å². The van der Waals surface area contributed by atoms with Gasteiger partial charge in [0.15, 0.2) is 0 Å². The third-order valence-corrected chi connectivity index (χ3v) is 5.83. The molecule has 7 heteroatoms. The molecule has 1 aliphatic heterocycles. The molecule has 2 aromatic carbocycles. The second-order valence-corrected chi connectivity index (χ2v) is 7.95. The lowest BCUT2D eigenvalue weighted by atomic mass is 10.1. The third-order valence-electron chi connectivity index (χ3n) is 4.92. The van der Waals surface area contributed by atoms with Crippen molar-refractivity contribution < 1.29 is 14.4 Å². The number of rotatable bonds is 7. The predicted octanol–water partition coefficient (Wildman–Crippen LogP) is 3.95. The molecule has 0 radical (unpaired) electrons. The Morgan fingerprint density at radius 2 is 1.83 bits per heavy atom. The first-order valence-electron chi connectivity index (χ1n) is 9.74. The summed E-state index contributed by atoms with van der Waals surface area (Å²) in [7, 11) is 0. The summed E-state index contributed by atoms with van der Waals surface area (Å²) >= 11 is 0.927. The van der Waals surface area contributed by atoms with Gasteiger partial charge in [0.2, 0.25) is 5.91 Å². The lowest BCUT2D eigenvalue weighted by Gasteiger charge is -2.13. The van der Waals surface area contributed by atoms with Gasteiger partial charge in [0.1, 0.15) is 0 Å². The number of thioether (sulfide) groups is 1. The summed E-state index contributed by atoms with van der Waals surface area (Å²) in [4.78, 5) is 41.7. The smallest absolute Gasteiger partial charge is 0.293 e. The Morgan fingerprint density at radius 3 is 2.67 bits per heavy atom. The van der Waals surface area contributed by atoms with Crippen LogP contribution in [0.4, 0.5) is 4.79 Å². The van der Waals surface area contributed by atoms with Gasteiger partial charge in [-0.1, -0.05) is 48.5 Å². The molecule has 1 aromatic heterocycles. The van der Waals surface area contributed by atoms with Crippen LogP contribution in [-0.2, 0) is 16.0 Å². The monoisotopic (exact) mass is 419 g/mol. The van der Waals surface area contributed by atoms with Crippen molar-refractivity contribution in [3.63, 3.8) is 0 Å². The van der Waals surface area contributed by atoms with Gasteiger partial charge in [-0.05, 0) is 41.5 Å². The molecule has 4 rings (SSSR count). The van der Waals surface area contributed by atoms with Crippen LogP contribution in [0.5, 0.6) is 0 Å². The van der Waals surface area contributed by atoms with Crippen molar-refractivity contribution in [2.45, 2.75) is 12.8 Å². The molecule has 30 heavy (non-hydrogen) atoms. The number of aryl methyl sites for hydroxylation is 1. The molecule has 3 aromatic rings. The van der Waals surface area contributed by atoms with E-state index in [0.29, 0.717) is 17.7 Å². The normalized spacial score (nSPS) is 15.3. The van der Waals surface area contributed by atoms with E-state index in [-0.39, 0.29) is 30.1 Å². The summed E-state index contributed by atoms with van der Waals surface area (Å²) in [6, 6.07) is 17.4. The van der Waals surface area contributed by atoms with Crippen LogP contribution in [0, 0.1) is 0 Å². The number of nitrogens with zero attached hydrogens (tertiary/aromatic N) is 1. The van der Waals surface area contributed by atoms with Crippen LogP contribution in [0.15, 0.2) is 65.7 Å². The Labute approximate surface area is 178 Å². The van der Waals surface area contributed by atoms with Crippen molar-refractivity contribution in [3.8, 4) is 0 Å². The summed E-state index contributed by atoms with van der Waals surface area (Å²) in [6.07, 6.45) is 4.61. The van der Waals surface area contributed by atoms with Crippen LogP contribution in [0.3, 0.4) is 0 Å². The average molecular weight is 420 g/mol. The molecule has 0 atom stereocenters. The van der Waals surface area contributed by atoms with E-state index >= 15 is 0 Å². The van der Waals surface area contributed by atoms with Crippen molar-refractivity contribution in [3.05, 3.63) is 76.8 Å². The number of carbonyl (C=O) groups is 3. The molecule has 0 spiro atoms. The van der Waals surface area contributed by atoms with Gasteiger partial charge < -0.3 is 10.3 Å². The lowest BCUT2D eigenvalue weighted by Crippen LogP contribution is -2.37. The molecule has 1 saturated heterocycles. The zero-order valence-corrected chi connectivity index (χ0v) is 17.1. The molecule has 0 bridgehead atoms. The zero-order chi connectivity index (χ0) is 20.9. The third kappa shape index (κ3) is 4.46. The minimum Gasteiger partial charge on any atom is -0.361 e. The highest BCUT2D eigenvalue weighted by Gasteiger charge is 2.34. The molecule has 0 aliphatic carbocycles. The Kier molecular flexibility index (Phi) is 5.99. The molecular formula is C23H21N3O3S. The number of imide groups is 1. The van der Waals surface area contributed by atoms with Gasteiger partial charge in [0.05, 0.1) is 4.91 Å². The summed E-state index contributed by atoms with van der Waals surface area (Å²) < 4.78 is 0. The molecule has 2 N–H and O–H groups in total. The summed E-state index contributed by atoms with van der Waals surface area (Å²) in [5.41, 5.74) is 3.02. The quantitative estimate of drug-likeness (QED) is 0.568. The standard InChI is InChI=1S/C23H21N3O3S/c27-21(11-10-17-15-25-19-9-5-4-8-18(17)19)24-12-13-26-22(28)20(30-23(26)29)14-16-6-2-1-3-7-16/h1-9,14-15,25H,10-13H2,(H,24,27). The van der Waals surface area contributed by atoms with Crippen LogP contribution >= 0.6 is 11.8 Å². The van der Waals surface area contributed by atoms with Gasteiger partial charge in [0.25, 0.3) is 11.1 Å². The first kappa shape index (κ1) is 20.0. The highest BCUT2D eigenvalue weighted by molar-refractivity contribution is 8.18. The van der Waals surface area contributed by atoms with E-state index in [1.807, 2.05) is 60.8 Å². The SMILES string of the molecule is O=C(CCc1c[nH]c2ccccc12)NCCN1C(=O)SC(=Cc2ccccc2)C1=O. The maximum absolute atomic E-state index is 12.5. The minimum atomic E-state index is -0.318. The lowest BCUT2D eigenvalue weighted by molar-refractivity contribution is -0.124. The molecule has 1 fully saturated rings. The Balaban J connectivity index is 1.26. The number of fused-ring (bicyclic) bond motifs is 1. The predicted molar refractivity (Wildman–Crippen MR) is 119 cm³/mol. The van der Waals surface area contributed by atoms with E-state index < -0.39 is 0 Å². The van der Waals surface area contributed by atoms with Crippen LogP contribution in [0.1, 0.15) is 17.5 Å². The minimum absolute atomic E-state index is 0.105. The maximum Gasteiger partial charge on any atom is 0.293 e. The highest BCUT2D eigenvalue weighted by atomic mass is 32.2. The van der Waals surface area contributed by atoms with Gasteiger partial charge >= 0.3 is 0 Å². The molecule has 3 amide bonds. The van der Waals surface area contributed by atoms with Crippen LogP contribution in [0.25, 0.3) is 17.0 Å². The Morgan fingerprint density at radius 1 is 1.07 bits per heavy atom. The van der Waals surface area contributed by atoms with Gasteiger partial charge in [0, 0.05) is 36.6 Å². The summed E-state index contributed by atoms with van der Waals surface area (Å²) in [5, 5.41) is 3.61. The molecule has 1 aliphatic rings. The molecular weight excluding hydrogens is 398 g/mol. The van der Waals surface area contributed by atoms with E-state index in [4.69, 9.17) is 0 Å². The van der Waals surface area contributed by atoms with Crippen molar-refractivity contribution in [2.24, 2.45) is 0 Å². The van der Waals surface area contributed by atoms with Crippen molar-refractivity contribution >= 4 is 45.8 Å². The topological polar surface area (TPSA) is 82.3 Å². The van der Waals surface area contributed by atoms with Crippen molar-refractivity contribution in [1.82, 2.24) is 15.2 Å². The van der Waals surface area contributed by atoms with Crippen LogP contribution < -0.4 is 5.32 Å². The van der Waals surface area contributed by atoms with Gasteiger partial charge in [-0.15, -0.1) is 0 Å². The second-order valence-electron chi connectivity index (χ2n) is 6.95. The maximum atomic E-state index is 12.5. The number of aromatic amines is 1. The number of benzene rings is 2. The summed E-state index contributed by atoms with van der Waals surface area (Å²) in [5.74, 6) is -0.422. The fourth-order valence-corrected chi connectivity index (χ4v) is 4.24. The highest BCUT2D eigenvalue weighted by Crippen LogP contribution is 2.31. The fourth-order valence-electron chi connectivity index (χ4n) is 3.38. The van der Waals surface area contributed by atoms with Gasteiger partial charge in [-0.3, -0.25) is 19.3 Å². The number of nitrogens with one attached hydrogen (secondary N) is 2. The van der Waals surface area contributed by atoms with E-state index in [9.17, 15) is 14.4 Å². The molecule has 0 unspecified atom stereocenters. The van der Waals surface area contributed by atoms with Crippen LogP contribution in [0.2, 0.25) is 0 Å². The summed E-state index contributed by atoms with van der Waals surface area (Å²) in [6.45, 7) is 0.402. The Bertz CT molecular complexity index is 1120. The first-order valence-corrected chi connectivity index (χ1v) is 10.6. The largest absolute Gasteiger partial charge is 0.361 e. The molecule has 0 saturated carbocycles. The molecule has 6 nitrogen and oxygen atoms in total. The van der Waals surface area contributed by atoms with Crippen molar-refractivity contribution in [2.75, 3.05) is 13.1 Å².